The molecule has 0 nitrogen and oxygen atoms in total. The van der Waals surface area contributed by atoms with Crippen LogP contribution >= 0.6 is 0 Å². The molecule has 4 rings (SSSR count). The number of benzene rings is 4. The minimum atomic E-state index is -0.162. The molecule has 4 aromatic carbocycles. The molecule has 0 aromatic heterocycles. The fraction of sp³-hybridized carbons (Fsp3) is 0.103. The first-order valence-electron chi connectivity index (χ1n) is 10.0. The monoisotopic (exact) mass is 388 g/mol. The van der Waals surface area contributed by atoms with Crippen molar-refractivity contribution in [3.05, 3.63) is 118 Å². The SMILES string of the molecule is CCc1ccc(C#Cc2ccc(C#Cc3ccc4c(F)c(C)ccc4c3)cc2)cc1. The van der Waals surface area contributed by atoms with Gasteiger partial charge < -0.3 is 0 Å². The van der Waals surface area contributed by atoms with E-state index in [-0.39, 0.29) is 5.82 Å². The van der Waals surface area contributed by atoms with Gasteiger partial charge in [0.25, 0.3) is 0 Å². The van der Waals surface area contributed by atoms with Crippen molar-refractivity contribution in [2.75, 3.05) is 0 Å². The average Bonchev–Trinajstić information content (AvgIpc) is 2.80. The number of fused-ring (bicyclic) bond motifs is 1. The minimum absolute atomic E-state index is 0.162. The average molecular weight is 388 g/mol. The summed E-state index contributed by atoms with van der Waals surface area (Å²) in [6.45, 7) is 3.92. The zero-order chi connectivity index (χ0) is 20.9. The van der Waals surface area contributed by atoms with E-state index in [4.69, 9.17) is 0 Å². The van der Waals surface area contributed by atoms with E-state index in [2.05, 4.69) is 54.9 Å². The molecule has 144 valence electrons. The number of rotatable bonds is 1. The third kappa shape index (κ3) is 4.43. The minimum Gasteiger partial charge on any atom is -0.206 e. The Bertz CT molecular complexity index is 1320. The van der Waals surface area contributed by atoms with Crippen LogP contribution in [0.15, 0.2) is 78.9 Å². The molecule has 0 saturated heterocycles. The summed E-state index contributed by atoms with van der Waals surface area (Å²) in [5, 5.41) is 1.50. The Kier molecular flexibility index (Phi) is 5.65. The van der Waals surface area contributed by atoms with Crippen LogP contribution in [0.4, 0.5) is 4.39 Å². The molecule has 0 amide bonds. The van der Waals surface area contributed by atoms with Crippen LogP contribution in [0.3, 0.4) is 0 Å². The molecule has 0 radical (unpaired) electrons. The molecule has 0 atom stereocenters. The van der Waals surface area contributed by atoms with E-state index in [0.717, 1.165) is 34.1 Å². The molecular weight excluding hydrogens is 367 g/mol. The third-order valence-electron chi connectivity index (χ3n) is 5.10. The van der Waals surface area contributed by atoms with Crippen molar-refractivity contribution in [2.45, 2.75) is 20.3 Å². The van der Waals surface area contributed by atoms with Gasteiger partial charge in [0.15, 0.2) is 0 Å². The van der Waals surface area contributed by atoms with Crippen molar-refractivity contribution < 1.29 is 4.39 Å². The van der Waals surface area contributed by atoms with E-state index in [1.807, 2.05) is 42.5 Å². The van der Waals surface area contributed by atoms with E-state index in [1.165, 1.54) is 5.56 Å². The summed E-state index contributed by atoms with van der Waals surface area (Å²) in [6, 6.07) is 25.6. The van der Waals surface area contributed by atoms with Gasteiger partial charge >= 0.3 is 0 Å². The number of hydrogen-bond donors (Lipinski definition) is 0. The van der Waals surface area contributed by atoms with Gasteiger partial charge in [-0.15, -0.1) is 0 Å². The Morgan fingerprint density at radius 3 is 1.70 bits per heavy atom. The van der Waals surface area contributed by atoms with Gasteiger partial charge in [-0.2, -0.15) is 0 Å². The van der Waals surface area contributed by atoms with E-state index in [0.29, 0.717) is 10.9 Å². The predicted molar refractivity (Wildman–Crippen MR) is 123 cm³/mol. The molecular formula is C29H21F. The van der Waals surface area contributed by atoms with Gasteiger partial charge in [0.05, 0.1) is 0 Å². The fourth-order valence-corrected chi connectivity index (χ4v) is 3.23. The summed E-state index contributed by atoms with van der Waals surface area (Å²) in [5.74, 6) is 12.6. The highest BCUT2D eigenvalue weighted by Crippen LogP contribution is 2.21. The normalized spacial score (nSPS) is 10.1. The lowest BCUT2D eigenvalue weighted by Crippen LogP contribution is -1.86. The summed E-state index contributed by atoms with van der Waals surface area (Å²) in [4.78, 5) is 0. The molecule has 0 N–H and O–H groups in total. The van der Waals surface area contributed by atoms with Crippen molar-refractivity contribution in [3.63, 3.8) is 0 Å². The van der Waals surface area contributed by atoms with Crippen molar-refractivity contribution >= 4 is 10.8 Å². The lowest BCUT2D eigenvalue weighted by molar-refractivity contribution is 0.631. The largest absolute Gasteiger partial charge is 0.206 e. The van der Waals surface area contributed by atoms with Crippen LogP contribution in [0.1, 0.15) is 40.3 Å². The summed E-state index contributed by atoms with van der Waals surface area (Å²) in [5.41, 5.74) is 5.72. The fourth-order valence-electron chi connectivity index (χ4n) is 3.23. The topological polar surface area (TPSA) is 0 Å². The van der Waals surface area contributed by atoms with Gasteiger partial charge in [-0.05, 0) is 78.4 Å². The molecule has 1 heteroatoms. The molecule has 0 aliphatic carbocycles. The molecule has 0 bridgehead atoms. The van der Waals surface area contributed by atoms with Gasteiger partial charge in [-0.3, -0.25) is 0 Å². The van der Waals surface area contributed by atoms with Gasteiger partial charge in [-0.25, -0.2) is 4.39 Å². The zero-order valence-corrected chi connectivity index (χ0v) is 17.1. The zero-order valence-electron chi connectivity index (χ0n) is 17.1. The van der Waals surface area contributed by atoms with Crippen LogP contribution in [-0.2, 0) is 6.42 Å². The second-order valence-electron chi connectivity index (χ2n) is 7.26. The van der Waals surface area contributed by atoms with Crippen molar-refractivity contribution in [1.29, 1.82) is 0 Å². The first-order chi connectivity index (χ1) is 14.6. The molecule has 0 aliphatic rings. The quantitative estimate of drug-likeness (QED) is 0.320. The highest BCUT2D eigenvalue weighted by Gasteiger charge is 2.03. The summed E-state index contributed by atoms with van der Waals surface area (Å²) in [6.07, 6.45) is 1.03. The van der Waals surface area contributed by atoms with E-state index >= 15 is 0 Å². The maximum Gasteiger partial charge on any atom is 0.133 e. The standard InChI is InChI=1S/C29H21F/c1-3-22-5-7-23(8-6-22)9-10-24-11-13-25(14-12-24)15-16-26-17-19-28-27(20-26)18-4-21(2)29(28)30/h4-8,11-14,17-20H,3H2,1-2H3. The Morgan fingerprint density at radius 2 is 1.13 bits per heavy atom. The Hall–Kier alpha value is -3.81. The van der Waals surface area contributed by atoms with E-state index < -0.39 is 0 Å². The van der Waals surface area contributed by atoms with Gasteiger partial charge in [-0.1, -0.05) is 60.9 Å². The van der Waals surface area contributed by atoms with Gasteiger partial charge in [0, 0.05) is 27.6 Å². The van der Waals surface area contributed by atoms with E-state index in [9.17, 15) is 4.39 Å². The van der Waals surface area contributed by atoms with Crippen LogP contribution < -0.4 is 0 Å². The molecule has 0 saturated carbocycles. The first-order valence-corrected chi connectivity index (χ1v) is 10.0. The lowest BCUT2D eigenvalue weighted by atomic mass is 10.0. The van der Waals surface area contributed by atoms with Gasteiger partial charge in [0.2, 0.25) is 0 Å². The number of hydrogen-bond acceptors (Lipinski definition) is 0. The molecule has 0 fully saturated rings. The summed E-state index contributed by atoms with van der Waals surface area (Å²) >= 11 is 0. The first kappa shape index (κ1) is 19.5. The smallest absolute Gasteiger partial charge is 0.133 e. The highest BCUT2D eigenvalue weighted by atomic mass is 19.1. The second kappa shape index (κ2) is 8.69. The number of aryl methyl sites for hydroxylation is 2. The summed E-state index contributed by atoms with van der Waals surface area (Å²) < 4.78 is 14.2. The molecule has 30 heavy (non-hydrogen) atoms. The molecule has 0 unspecified atom stereocenters. The lowest BCUT2D eigenvalue weighted by Gasteiger charge is -2.03. The number of halogens is 1. The molecule has 0 heterocycles. The third-order valence-corrected chi connectivity index (χ3v) is 5.10. The van der Waals surface area contributed by atoms with Crippen molar-refractivity contribution in [2.24, 2.45) is 0 Å². The highest BCUT2D eigenvalue weighted by molar-refractivity contribution is 5.85. The second-order valence-corrected chi connectivity index (χ2v) is 7.26. The van der Waals surface area contributed by atoms with Crippen LogP contribution in [-0.4, -0.2) is 0 Å². The Morgan fingerprint density at radius 1 is 0.633 bits per heavy atom. The molecule has 4 aromatic rings. The van der Waals surface area contributed by atoms with Crippen LogP contribution in [0.2, 0.25) is 0 Å². The maximum atomic E-state index is 14.2. The van der Waals surface area contributed by atoms with Crippen LogP contribution in [0.5, 0.6) is 0 Å². The van der Waals surface area contributed by atoms with Crippen molar-refractivity contribution in [1.82, 2.24) is 0 Å². The summed E-state index contributed by atoms with van der Waals surface area (Å²) in [7, 11) is 0. The van der Waals surface area contributed by atoms with Gasteiger partial charge in [0.1, 0.15) is 5.82 Å². The van der Waals surface area contributed by atoms with Crippen LogP contribution in [0, 0.1) is 36.4 Å². The Labute approximate surface area is 177 Å². The van der Waals surface area contributed by atoms with E-state index in [1.54, 1.807) is 19.1 Å². The maximum absolute atomic E-state index is 14.2. The predicted octanol–water partition coefficient (Wildman–Crippen LogP) is 6.65. The molecule has 0 aliphatic heterocycles. The molecule has 0 spiro atoms. The van der Waals surface area contributed by atoms with Crippen molar-refractivity contribution in [3.8, 4) is 23.7 Å². The Balaban J connectivity index is 1.50. The van der Waals surface area contributed by atoms with Crippen LogP contribution in [0.25, 0.3) is 10.8 Å².